The molecule has 0 amide bonds. The molecule has 2 aliphatic rings. The van der Waals surface area contributed by atoms with Crippen LogP contribution in [0.15, 0.2) is 126 Å². The van der Waals surface area contributed by atoms with Crippen LogP contribution in [-0.2, 0) is 15.6 Å². The van der Waals surface area contributed by atoms with Crippen LogP contribution in [0.2, 0.25) is 13.1 Å². The first-order valence-corrected chi connectivity index (χ1v) is 34.0. The molecule has 0 spiro atoms. The van der Waals surface area contributed by atoms with Gasteiger partial charge in [0.05, 0.1) is 0 Å². The molecule has 6 aromatic carbocycles. The van der Waals surface area contributed by atoms with Crippen molar-refractivity contribution in [1.29, 1.82) is 0 Å². The number of hydrogen-bond donors (Lipinski definition) is 0. The first-order valence-electron chi connectivity index (χ1n) is 17.7. The number of hydrogen-bond acceptors (Lipinski definition) is 0. The van der Waals surface area contributed by atoms with Gasteiger partial charge in [-0.05, 0) is 0 Å². The molecule has 0 fully saturated rings. The van der Waals surface area contributed by atoms with Gasteiger partial charge in [0, 0.05) is 0 Å². The van der Waals surface area contributed by atoms with Gasteiger partial charge in [-0.2, -0.15) is 0 Å². The van der Waals surface area contributed by atoms with Crippen molar-refractivity contribution in [2.45, 2.75) is 48.0 Å². The van der Waals surface area contributed by atoms with Crippen molar-refractivity contribution in [3.63, 3.8) is 0 Å². The molecule has 0 radical (unpaired) electrons. The summed E-state index contributed by atoms with van der Waals surface area (Å²) in [6, 6.07) is 42.3. The van der Waals surface area contributed by atoms with E-state index in [-0.39, 0.29) is 7.25 Å². The fourth-order valence-electron chi connectivity index (χ4n) is 9.29. The van der Waals surface area contributed by atoms with Crippen LogP contribution in [0.3, 0.4) is 0 Å². The summed E-state index contributed by atoms with van der Waals surface area (Å²) in [5.41, 5.74) is 14.5. The number of rotatable bonds is 6. The van der Waals surface area contributed by atoms with Crippen molar-refractivity contribution < 1.29 is 15.6 Å². The Labute approximate surface area is 300 Å². The fourth-order valence-corrected chi connectivity index (χ4v) is 41.5. The van der Waals surface area contributed by atoms with Gasteiger partial charge < -0.3 is 0 Å². The van der Waals surface area contributed by atoms with E-state index in [0.717, 1.165) is 0 Å². The van der Waals surface area contributed by atoms with E-state index in [1.165, 1.54) is 82.8 Å². The van der Waals surface area contributed by atoms with E-state index in [4.69, 9.17) is 17.0 Å². The summed E-state index contributed by atoms with van der Waals surface area (Å²) >= 11 is -4.89. The molecule has 0 N–H and O–H groups in total. The summed E-state index contributed by atoms with van der Waals surface area (Å²) in [6.45, 7) is 14.1. The average Bonchev–Trinajstić information content (AvgIpc) is 3.69. The molecular formula is C45H43Cl2SiZr. The summed E-state index contributed by atoms with van der Waals surface area (Å²) in [5.74, 6) is -1.35. The summed E-state index contributed by atoms with van der Waals surface area (Å²) in [4.78, 5) is 0. The Morgan fingerprint density at radius 3 is 2.04 bits per heavy atom. The van der Waals surface area contributed by atoms with Crippen LogP contribution < -0.4 is 0 Å². The van der Waals surface area contributed by atoms with Crippen LogP contribution in [0.4, 0.5) is 0 Å². The van der Waals surface area contributed by atoms with Crippen molar-refractivity contribution in [3.8, 4) is 22.3 Å². The molecule has 0 bridgehead atoms. The van der Waals surface area contributed by atoms with Crippen molar-refractivity contribution in [3.05, 3.63) is 154 Å². The van der Waals surface area contributed by atoms with Crippen LogP contribution in [0.25, 0.3) is 56.0 Å². The Morgan fingerprint density at radius 1 is 0.592 bits per heavy atom. The van der Waals surface area contributed by atoms with Crippen LogP contribution in [-0.4, -0.2) is 5.92 Å². The molecule has 2 atom stereocenters. The van der Waals surface area contributed by atoms with Gasteiger partial charge >= 0.3 is 303 Å². The Balaban J connectivity index is 1.36. The molecule has 49 heavy (non-hydrogen) atoms. The SMILES string of the molecule is CC1=Cc2c(-c3ccccc3)ccc(C)c2[CH]1[Zr]([Cl])([Cl])([CH]1C(C(C)C)=Cc2c(-c3cccc4c3ccc3ccccc34)cccc21)[SiH](C)C. The van der Waals surface area contributed by atoms with Gasteiger partial charge in [-0.15, -0.1) is 0 Å². The van der Waals surface area contributed by atoms with E-state index < -0.39 is 21.5 Å². The monoisotopic (exact) mass is 771 g/mol. The van der Waals surface area contributed by atoms with Gasteiger partial charge in [0.2, 0.25) is 0 Å². The average molecular weight is 774 g/mol. The normalized spacial score (nSPS) is 18.0. The number of allylic oxidation sites excluding steroid dienone is 2. The van der Waals surface area contributed by atoms with E-state index >= 15 is 0 Å². The van der Waals surface area contributed by atoms with Gasteiger partial charge in [0.1, 0.15) is 0 Å². The summed E-state index contributed by atoms with van der Waals surface area (Å²) < 4.78 is 0.127. The molecule has 4 heteroatoms. The molecule has 0 nitrogen and oxygen atoms in total. The van der Waals surface area contributed by atoms with Gasteiger partial charge in [-0.3, -0.25) is 0 Å². The topological polar surface area (TPSA) is 0 Å². The zero-order valence-corrected chi connectivity index (χ0v) is 34.3. The molecule has 8 rings (SSSR count). The minimum atomic E-state index is -4.89. The van der Waals surface area contributed by atoms with E-state index in [1.807, 2.05) is 0 Å². The maximum atomic E-state index is 8.72. The number of halogens is 2. The van der Waals surface area contributed by atoms with Crippen molar-refractivity contribution in [2.75, 3.05) is 0 Å². The summed E-state index contributed by atoms with van der Waals surface area (Å²) in [7, 11) is 17.4. The minimum absolute atomic E-state index is 0.0567. The van der Waals surface area contributed by atoms with Gasteiger partial charge in [-0.25, -0.2) is 0 Å². The maximum absolute atomic E-state index is 8.72. The molecule has 0 aliphatic heterocycles. The van der Waals surface area contributed by atoms with Gasteiger partial charge in [0.25, 0.3) is 0 Å². The molecule has 2 aliphatic carbocycles. The van der Waals surface area contributed by atoms with E-state index in [1.54, 1.807) is 0 Å². The summed E-state index contributed by atoms with van der Waals surface area (Å²) in [5, 5.41) is 5.13. The van der Waals surface area contributed by atoms with Crippen LogP contribution in [0, 0.1) is 12.8 Å². The summed E-state index contributed by atoms with van der Waals surface area (Å²) in [6.07, 6.45) is 4.92. The zero-order chi connectivity index (χ0) is 34.3. The Morgan fingerprint density at radius 2 is 1.29 bits per heavy atom. The van der Waals surface area contributed by atoms with Crippen molar-refractivity contribution in [1.82, 2.24) is 0 Å². The molecule has 245 valence electrons. The van der Waals surface area contributed by atoms with Gasteiger partial charge in [-0.1, -0.05) is 0 Å². The Hall–Kier alpha value is -3.00. The number of fused-ring (bicyclic) bond motifs is 5. The van der Waals surface area contributed by atoms with Gasteiger partial charge in [0.15, 0.2) is 0 Å². The molecule has 0 heterocycles. The molecule has 2 unspecified atom stereocenters. The molecule has 6 aromatic rings. The molecule has 0 aromatic heterocycles. The second-order valence-electron chi connectivity index (χ2n) is 15.1. The van der Waals surface area contributed by atoms with Crippen LogP contribution >= 0.6 is 17.0 Å². The number of aryl methyl sites for hydroxylation is 1. The molecular weight excluding hydrogens is 731 g/mol. The Bertz CT molecular complexity index is 2370. The Kier molecular flexibility index (Phi) is 8.16. The fraction of sp³-hybridized carbons (Fsp3) is 0.200. The third kappa shape index (κ3) is 4.92. The molecule has 0 saturated carbocycles. The molecule has 0 saturated heterocycles. The predicted octanol–water partition coefficient (Wildman–Crippen LogP) is 13.9. The first-order chi connectivity index (χ1) is 23.5. The first kappa shape index (κ1) is 33.2. The van der Waals surface area contributed by atoms with E-state index in [9.17, 15) is 0 Å². The van der Waals surface area contributed by atoms with Crippen LogP contribution in [0.5, 0.6) is 0 Å². The van der Waals surface area contributed by atoms with E-state index in [2.05, 4.69) is 168 Å². The van der Waals surface area contributed by atoms with Crippen LogP contribution in [0.1, 0.15) is 55.8 Å². The van der Waals surface area contributed by atoms with Crippen molar-refractivity contribution >= 4 is 56.6 Å². The third-order valence-electron chi connectivity index (χ3n) is 11.8. The number of benzene rings is 6. The third-order valence-corrected chi connectivity index (χ3v) is 63.7. The predicted molar refractivity (Wildman–Crippen MR) is 216 cm³/mol. The second-order valence-corrected chi connectivity index (χ2v) is 57.6. The second kappa shape index (κ2) is 12.1. The van der Waals surface area contributed by atoms with Crippen molar-refractivity contribution in [2.24, 2.45) is 5.92 Å². The quantitative estimate of drug-likeness (QED) is 0.117. The standard InChI is InChI=1S/C26H21.C17H15.C2H7Si.2ClH.Zr/c1-17(2)20-15-19-8-5-10-24(26(19)16-20)23-12-6-11-22-21-9-4-3-7-18(21)13-14-25(22)23;1-12-10-16-13(2)8-9-15(17(16)11-12)14-6-4-3-5-7-14;1-3-2;;;/h3-17H,1-2H3;3-11H,1-2H3;3H,1-2H3;2*1H;/q;;;;;+2/p-2. The van der Waals surface area contributed by atoms with E-state index in [0.29, 0.717) is 5.92 Å². The zero-order valence-electron chi connectivity index (χ0n) is 29.2.